The average Bonchev–Trinajstić information content (AvgIpc) is 2.85. The van der Waals surface area contributed by atoms with Crippen molar-refractivity contribution in [3.8, 4) is 11.5 Å². The lowest BCUT2D eigenvalue weighted by Gasteiger charge is -1.97. The van der Waals surface area contributed by atoms with Gasteiger partial charge in [0.25, 0.3) is 5.89 Å². The van der Waals surface area contributed by atoms with Gasteiger partial charge in [0.2, 0.25) is 5.89 Å². The first kappa shape index (κ1) is 13.0. The van der Waals surface area contributed by atoms with E-state index in [0.29, 0.717) is 5.89 Å². The van der Waals surface area contributed by atoms with E-state index in [2.05, 4.69) is 10.2 Å². The molecular weight excluding hydrogens is 244 g/mol. The Labute approximate surface area is 110 Å². The summed E-state index contributed by atoms with van der Waals surface area (Å²) in [5, 5.41) is 7.73. The zero-order valence-corrected chi connectivity index (χ0v) is 10.8. The second-order valence-electron chi connectivity index (χ2n) is 4.20. The standard InChI is InChI=1S/C14H14N2O3/c1-10(2)8-13(17)18-9-12-15-16-14(19-12)11-6-4-3-5-7-11/h3-8H,9H2,1-2H3. The van der Waals surface area contributed by atoms with E-state index in [1.165, 1.54) is 6.08 Å². The highest BCUT2D eigenvalue weighted by Crippen LogP contribution is 2.17. The number of ether oxygens (including phenoxy) is 1. The molecule has 5 nitrogen and oxygen atoms in total. The summed E-state index contributed by atoms with van der Waals surface area (Å²) in [5.41, 5.74) is 1.71. The van der Waals surface area contributed by atoms with Gasteiger partial charge in [-0.25, -0.2) is 4.79 Å². The van der Waals surface area contributed by atoms with E-state index >= 15 is 0 Å². The molecule has 1 aromatic heterocycles. The van der Waals surface area contributed by atoms with Gasteiger partial charge in [0.1, 0.15) is 0 Å². The van der Waals surface area contributed by atoms with E-state index in [-0.39, 0.29) is 12.5 Å². The number of benzene rings is 1. The fraction of sp³-hybridized carbons (Fsp3) is 0.214. The molecule has 0 saturated heterocycles. The summed E-state index contributed by atoms with van der Waals surface area (Å²) >= 11 is 0. The lowest BCUT2D eigenvalue weighted by Crippen LogP contribution is -2.01. The molecule has 0 spiro atoms. The van der Waals surface area contributed by atoms with E-state index in [9.17, 15) is 4.79 Å². The summed E-state index contributed by atoms with van der Waals surface area (Å²) in [7, 11) is 0. The van der Waals surface area contributed by atoms with Crippen LogP contribution in [0, 0.1) is 0 Å². The molecule has 0 aliphatic heterocycles. The summed E-state index contributed by atoms with van der Waals surface area (Å²) in [6, 6.07) is 9.41. The largest absolute Gasteiger partial charge is 0.452 e. The normalized spacial score (nSPS) is 10.0. The molecular formula is C14H14N2O3. The lowest BCUT2D eigenvalue weighted by atomic mass is 10.2. The van der Waals surface area contributed by atoms with Crippen LogP contribution in [-0.4, -0.2) is 16.2 Å². The van der Waals surface area contributed by atoms with Crippen LogP contribution in [0.5, 0.6) is 0 Å². The fourth-order valence-corrected chi connectivity index (χ4v) is 1.42. The molecule has 5 heteroatoms. The molecule has 0 aliphatic carbocycles. The predicted octanol–water partition coefficient (Wildman–Crippen LogP) is 2.75. The Bertz CT molecular complexity index is 584. The van der Waals surface area contributed by atoms with E-state index in [0.717, 1.165) is 11.1 Å². The fourth-order valence-electron chi connectivity index (χ4n) is 1.42. The Morgan fingerprint density at radius 3 is 2.68 bits per heavy atom. The van der Waals surface area contributed by atoms with Crippen LogP contribution in [0.2, 0.25) is 0 Å². The second-order valence-corrected chi connectivity index (χ2v) is 4.20. The monoisotopic (exact) mass is 258 g/mol. The van der Waals surface area contributed by atoms with Crippen molar-refractivity contribution in [1.82, 2.24) is 10.2 Å². The number of hydrogen-bond donors (Lipinski definition) is 0. The number of rotatable bonds is 4. The summed E-state index contributed by atoms with van der Waals surface area (Å²) in [4.78, 5) is 11.3. The summed E-state index contributed by atoms with van der Waals surface area (Å²) in [6.45, 7) is 3.62. The van der Waals surface area contributed by atoms with Gasteiger partial charge in [-0.1, -0.05) is 23.8 Å². The second kappa shape index (κ2) is 5.95. The van der Waals surface area contributed by atoms with Crippen LogP contribution in [0.3, 0.4) is 0 Å². The molecule has 0 saturated carbocycles. The van der Waals surface area contributed by atoms with Crippen molar-refractivity contribution < 1.29 is 13.9 Å². The highest BCUT2D eigenvalue weighted by atomic mass is 16.5. The van der Waals surface area contributed by atoms with Gasteiger partial charge in [0.15, 0.2) is 6.61 Å². The molecule has 19 heavy (non-hydrogen) atoms. The molecule has 2 rings (SSSR count). The minimum Gasteiger partial charge on any atom is -0.452 e. The van der Waals surface area contributed by atoms with Crippen molar-refractivity contribution in [2.24, 2.45) is 0 Å². The van der Waals surface area contributed by atoms with Gasteiger partial charge < -0.3 is 9.15 Å². The van der Waals surface area contributed by atoms with Crippen LogP contribution < -0.4 is 0 Å². The summed E-state index contributed by atoms with van der Waals surface area (Å²) < 4.78 is 10.4. The Hall–Kier alpha value is -2.43. The van der Waals surface area contributed by atoms with E-state index in [4.69, 9.17) is 9.15 Å². The molecule has 0 unspecified atom stereocenters. The van der Waals surface area contributed by atoms with Crippen LogP contribution in [0.1, 0.15) is 19.7 Å². The van der Waals surface area contributed by atoms with Crippen molar-refractivity contribution in [2.75, 3.05) is 0 Å². The van der Waals surface area contributed by atoms with Crippen LogP contribution in [0.15, 0.2) is 46.4 Å². The van der Waals surface area contributed by atoms with Crippen molar-refractivity contribution in [1.29, 1.82) is 0 Å². The zero-order valence-electron chi connectivity index (χ0n) is 10.8. The van der Waals surface area contributed by atoms with Gasteiger partial charge >= 0.3 is 5.97 Å². The Morgan fingerprint density at radius 1 is 1.26 bits per heavy atom. The van der Waals surface area contributed by atoms with Crippen molar-refractivity contribution in [3.05, 3.63) is 47.9 Å². The smallest absolute Gasteiger partial charge is 0.331 e. The first-order chi connectivity index (χ1) is 9.15. The van der Waals surface area contributed by atoms with E-state index < -0.39 is 5.97 Å². The third kappa shape index (κ3) is 3.77. The molecule has 1 heterocycles. The van der Waals surface area contributed by atoms with Crippen LogP contribution in [0.4, 0.5) is 0 Å². The van der Waals surface area contributed by atoms with E-state index in [1.54, 1.807) is 0 Å². The molecule has 0 N–H and O–H groups in total. The van der Waals surface area contributed by atoms with Crippen molar-refractivity contribution in [2.45, 2.75) is 20.5 Å². The highest BCUT2D eigenvalue weighted by Gasteiger charge is 2.09. The third-order valence-corrected chi connectivity index (χ3v) is 2.23. The van der Waals surface area contributed by atoms with Gasteiger partial charge in [0.05, 0.1) is 0 Å². The van der Waals surface area contributed by atoms with Gasteiger partial charge in [-0.15, -0.1) is 10.2 Å². The summed E-state index contributed by atoms with van der Waals surface area (Å²) in [5.74, 6) is 0.266. The lowest BCUT2D eigenvalue weighted by molar-refractivity contribution is -0.139. The summed E-state index contributed by atoms with van der Waals surface area (Å²) in [6.07, 6.45) is 1.41. The number of carbonyl (C=O) groups excluding carboxylic acids is 1. The highest BCUT2D eigenvalue weighted by molar-refractivity contribution is 5.82. The Balaban J connectivity index is 1.99. The number of allylic oxidation sites excluding steroid dienone is 1. The molecule has 0 amide bonds. The topological polar surface area (TPSA) is 65.2 Å². The van der Waals surface area contributed by atoms with Gasteiger partial charge in [-0.2, -0.15) is 0 Å². The molecule has 0 bridgehead atoms. The van der Waals surface area contributed by atoms with E-state index in [1.807, 2.05) is 44.2 Å². The molecule has 98 valence electrons. The van der Waals surface area contributed by atoms with Gasteiger partial charge in [-0.05, 0) is 26.0 Å². The quantitative estimate of drug-likeness (QED) is 0.623. The predicted molar refractivity (Wildman–Crippen MR) is 69.0 cm³/mol. The first-order valence-electron chi connectivity index (χ1n) is 5.84. The Morgan fingerprint density at radius 2 is 2.00 bits per heavy atom. The molecule has 0 radical (unpaired) electrons. The number of carbonyl (C=O) groups is 1. The van der Waals surface area contributed by atoms with Crippen LogP contribution in [0.25, 0.3) is 11.5 Å². The molecule has 0 atom stereocenters. The number of hydrogen-bond acceptors (Lipinski definition) is 5. The van der Waals surface area contributed by atoms with Crippen LogP contribution in [-0.2, 0) is 16.1 Å². The first-order valence-corrected chi connectivity index (χ1v) is 5.84. The molecule has 0 aliphatic rings. The van der Waals surface area contributed by atoms with Crippen molar-refractivity contribution >= 4 is 5.97 Å². The number of esters is 1. The zero-order chi connectivity index (χ0) is 13.7. The number of aromatic nitrogens is 2. The van der Waals surface area contributed by atoms with Gasteiger partial charge in [-0.3, -0.25) is 0 Å². The maximum Gasteiger partial charge on any atom is 0.331 e. The number of nitrogens with zero attached hydrogens (tertiary/aromatic N) is 2. The molecule has 2 aromatic rings. The van der Waals surface area contributed by atoms with Crippen molar-refractivity contribution in [3.63, 3.8) is 0 Å². The maximum absolute atomic E-state index is 11.3. The SMILES string of the molecule is CC(C)=CC(=O)OCc1nnc(-c2ccccc2)o1. The third-order valence-electron chi connectivity index (χ3n) is 2.23. The Kier molecular flexibility index (Phi) is 4.07. The maximum atomic E-state index is 11.3. The van der Waals surface area contributed by atoms with Gasteiger partial charge in [0, 0.05) is 11.6 Å². The minimum atomic E-state index is -0.417. The minimum absolute atomic E-state index is 0.0254. The average molecular weight is 258 g/mol. The molecule has 1 aromatic carbocycles. The molecule has 0 fully saturated rings. The van der Waals surface area contributed by atoms with Crippen LogP contribution >= 0.6 is 0 Å².